The molecule has 0 spiro atoms. The van der Waals surface area contributed by atoms with Crippen molar-refractivity contribution < 1.29 is 0 Å². The molecule has 1 N–H and O–H groups in total. The molecular formula is C21H21N5. The third-order valence-corrected chi connectivity index (χ3v) is 5.24. The smallest absolute Gasteiger partial charge is 0.129 e. The Morgan fingerprint density at radius 1 is 0.885 bits per heavy atom. The molecule has 1 saturated heterocycles. The number of aromatic nitrogens is 3. The average molecular weight is 343 g/mol. The molecule has 1 fully saturated rings. The van der Waals surface area contributed by atoms with E-state index in [1.54, 1.807) is 0 Å². The van der Waals surface area contributed by atoms with Gasteiger partial charge in [-0.1, -0.05) is 42.5 Å². The van der Waals surface area contributed by atoms with Crippen LogP contribution in [0.25, 0.3) is 21.7 Å². The lowest BCUT2D eigenvalue weighted by atomic mass is 10.1. The van der Waals surface area contributed by atoms with Crippen LogP contribution in [-0.2, 0) is 6.54 Å². The highest BCUT2D eigenvalue weighted by Gasteiger charge is 2.19. The van der Waals surface area contributed by atoms with E-state index in [0.29, 0.717) is 0 Å². The molecule has 2 aromatic heterocycles. The van der Waals surface area contributed by atoms with Crippen LogP contribution in [0.4, 0.5) is 5.82 Å². The van der Waals surface area contributed by atoms with E-state index < -0.39 is 0 Å². The second-order valence-electron chi connectivity index (χ2n) is 6.87. The van der Waals surface area contributed by atoms with E-state index in [1.807, 2.05) is 12.3 Å². The van der Waals surface area contributed by atoms with E-state index in [0.717, 1.165) is 49.8 Å². The van der Waals surface area contributed by atoms with Crippen LogP contribution >= 0.6 is 0 Å². The first-order chi connectivity index (χ1) is 12.9. The number of hydrogen-bond acceptors (Lipinski definition) is 4. The minimum absolute atomic E-state index is 0.892. The van der Waals surface area contributed by atoms with E-state index >= 15 is 0 Å². The van der Waals surface area contributed by atoms with Crippen LogP contribution in [0.1, 0.15) is 5.69 Å². The summed E-state index contributed by atoms with van der Waals surface area (Å²) >= 11 is 0. The number of hydrogen-bond donors (Lipinski definition) is 1. The Morgan fingerprint density at radius 3 is 2.54 bits per heavy atom. The summed E-state index contributed by atoms with van der Waals surface area (Å²) in [6.45, 7) is 4.93. The number of H-pyrrole nitrogens is 1. The molecule has 5 rings (SSSR count). The van der Waals surface area contributed by atoms with E-state index in [4.69, 9.17) is 0 Å². The summed E-state index contributed by atoms with van der Waals surface area (Å²) < 4.78 is 0. The predicted molar refractivity (Wildman–Crippen MR) is 105 cm³/mol. The van der Waals surface area contributed by atoms with Gasteiger partial charge in [0.15, 0.2) is 0 Å². The van der Waals surface area contributed by atoms with Gasteiger partial charge >= 0.3 is 0 Å². The van der Waals surface area contributed by atoms with Crippen LogP contribution in [-0.4, -0.2) is 46.3 Å². The first-order valence-electron chi connectivity index (χ1n) is 9.11. The predicted octanol–water partition coefficient (Wildman–Crippen LogP) is 3.43. The van der Waals surface area contributed by atoms with Gasteiger partial charge in [0.1, 0.15) is 5.82 Å². The van der Waals surface area contributed by atoms with E-state index in [1.165, 1.54) is 16.2 Å². The molecule has 2 aromatic carbocycles. The Bertz CT molecular complexity index is 1050. The van der Waals surface area contributed by atoms with Gasteiger partial charge < -0.3 is 4.90 Å². The van der Waals surface area contributed by atoms with Crippen molar-refractivity contribution in [3.8, 4) is 0 Å². The van der Waals surface area contributed by atoms with Crippen molar-refractivity contribution in [1.29, 1.82) is 0 Å². The van der Waals surface area contributed by atoms with Crippen LogP contribution in [0.2, 0.25) is 0 Å². The molecule has 4 aromatic rings. The first kappa shape index (κ1) is 15.3. The number of rotatable bonds is 3. The summed E-state index contributed by atoms with van der Waals surface area (Å²) in [5, 5.41) is 11.3. The maximum atomic E-state index is 4.66. The van der Waals surface area contributed by atoms with Crippen LogP contribution in [0.5, 0.6) is 0 Å². The Hall–Kier alpha value is -2.92. The molecule has 0 amide bonds. The highest BCUT2D eigenvalue weighted by atomic mass is 15.3. The average Bonchev–Trinajstić information content (AvgIpc) is 3.11. The van der Waals surface area contributed by atoms with Gasteiger partial charge in [-0.05, 0) is 17.5 Å². The highest BCUT2D eigenvalue weighted by molar-refractivity contribution is 5.84. The summed E-state index contributed by atoms with van der Waals surface area (Å²) in [5.74, 6) is 1.08. The number of aromatic amines is 1. The fourth-order valence-electron chi connectivity index (χ4n) is 3.73. The molecule has 0 bridgehead atoms. The lowest BCUT2D eigenvalue weighted by Crippen LogP contribution is -2.46. The summed E-state index contributed by atoms with van der Waals surface area (Å²) in [7, 11) is 0. The van der Waals surface area contributed by atoms with Gasteiger partial charge in [-0.3, -0.25) is 10.00 Å². The van der Waals surface area contributed by atoms with Gasteiger partial charge in [-0.2, -0.15) is 5.10 Å². The van der Waals surface area contributed by atoms with Gasteiger partial charge in [-0.25, -0.2) is 4.98 Å². The van der Waals surface area contributed by atoms with Crippen molar-refractivity contribution in [2.24, 2.45) is 0 Å². The van der Waals surface area contributed by atoms with Gasteiger partial charge in [0.2, 0.25) is 0 Å². The molecular weight excluding hydrogens is 322 g/mol. The first-order valence-corrected chi connectivity index (χ1v) is 9.11. The molecule has 1 aliphatic rings. The van der Waals surface area contributed by atoms with Crippen molar-refractivity contribution in [2.45, 2.75) is 6.54 Å². The molecule has 26 heavy (non-hydrogen) atoms. The normalized spacial score (nSPS) is 15.8. The molecule has 0 saturated carbocycles. The molecule has 0 aliphatic carbocycles. The Balaban J connectivity index is 1.28. The minimum Gasteiger partial charge on any atom is -0.354 e. The number of nitrogens with zero attached hydrogens (tertiary/aromatic N) is 4. The second kappa shape index (κ2) is 6.42. The summed E-state index contributed by atoms with van der Waals surface area (Å²) in [6, 6.07) is 18.9. The highest BCUT2D eigenvalue weighted by Crippen LogP contribution is 2.22. The molecule has 5 heteroatoms. The Labute approximate surface area is 152 Å². The lowest BCUT2D eigenvalue weighted by molar-refractivity contribution is 0.247. The molecule has 5 nitrogen and oxygen atoms in total. The van der Waals surface area contributed by atoms with Crippen molar-refractivity contribution in [2.75, 3.05) is 31.1 Å². The van der Waals surface area contributed by atoms with Crippen molar-refractivity contribution in [3.05, 3.63) is 66.5 Å². The topological polar surface area (TPSA) is 48.0 Å². The molecule has 3 heterocycles. The minimum atomic E-state index is 0.892. The number of nitrogens with one attached hydrogen (secondary N) is 1. The summed E-state index contributed by atoms with van der Waals surface area (Å²) in [4.78, 5) is 9.52. The van der Waals surface area contributed by atoms with Crippen molar-refractivity contribution >= 4 is 27.5 Å². The maximum absolute atomic E-state index is 4.66. The third-order valence-electron chi connectivity index (χ3n) is 5.24. The zero-order valence-corrected chi connectivity index (χ0v) is 14.6. The van der Waals surface area contributed by atoms with Gasteiger partial charge in [0, 0.05) is 49.7 Å². The van der Waals surface area contributed by atoms with Gasteiger partial charge in [-0.15, -0.1) is 0 Å². The van der Waals surface area contributed by atoms with Gasteiger partial charge in [0.25, 0.3) is 0 Å². The fraction of sp³-hybridized carbons (Fsp3) is 0.238. The van der Waals surface area contributed by atoms with Crippen molar-refractivity contribution in [3.63, 3.8) is 0 Å². The summed E-state index contributed by atoms with van der Waals surface area (Å²) in [5.41, 5.74) is 2.25. The zero-order valence-electron chi connectivity index (χ0n) is 14.6. The van der Waals surface area contributed by atoms with Crippen LogP contribution in [0.15, 0.2) is 60.8 Å². The SMILES string of the molecule is c1ccc2cc(N3CCN(Cc4n[nH]c5ccccc45)CC3)ncc2c1. The molecule has 1 aliphatic heterocycles. The number of para-hydroxylation sites is 1. The van der Waals surface area contributed by atoms with E-state index in [2.05, 4.69) is 73.5 Å². The third kappa shape index (κ3) is 2.80. The van der Waals surface area contributed by atoms with E-state index in [9.17, 15) is 0 Å². The number of benzene rings is 2. The standard InChI is InChI=1S/C21H21N5/c1-2-6-17-14-22-21(13-16(17)5-1)26-11-9-25(10-12-26)15-20-18-7-3-4-8-19(18)23-24-20/h1-8,13-14H,9-12,15H2,(H,23,24). The monoisotopic (exact) mass is 343 g/mol. The number of piperazine rings is 1. The second-order valence-corrected chi connectivity index (χ2v) is 6.87. The zero-order chi connectivity index (χ0) is 17.3. The number of anilines is 1. The molecule has 0 unspecified atom stereocenters. The fourth-order valence-corrected chi connectivity index (χ4v) is 3.73. The summed E-state index contributed by atoms with van der Waals surface area (Å²) in [6.07, 6.45) is 1.98. The quantitative estimate of drug-likeness (QED) is 0.619. The van der Waals surface area contributed by atoms with Crippen molar-refractivity contribution in [1.82, 2.24) is 20.1 Å². The lowest BCUT2D eigenvalue weighted by Gasteiger charge is -2.35. The largest absolute Gasteiger partial charge is 0.354 e. The number of fused-ring (bicyclic) bond motifs is 2. The van der Waals surface area contributed by atoms with Crippen LogP contribution < -0.4 is 4.90 Å². The Kier molecular flexibility index (Phi) is 3.79. The number of pyridine rings is 1. The molecule has 0 radical (unpaired) electrons. The molecule has 0 atom stereocenters. The van der Waals surface area contributed by atoms with Crippen LogP contribution in [0, 0.1) is 0 Å². The molecule has 130 valence electrons. The van der Waals surface area contributed by atoms with Crippen LogP contribution in [0.3, 0.4) is 0 Å². The van der Waals surface area contributed by atoms with E-state index in [-0.39, 0.29) is 0 Å². The maximum Gasteiger partial charge on any atom is 0.129 e. The Morgan fingerprint density at radius 2 is 1.65 bits per heavy atom. The van der Waals surface area contributed by atoms with Gasteiger partial charge in [0.05, 0.1) is 11.2 Å².